The van der Waals surface area contributed by atoms with E-state index in [1.165, 1.54) is 38.5 Å². The molecule has 0 aliphatic heterocycles. The summed E-state index contributed by atoms with van der Waals surface area (Å²) in [5, 5.41) is 11.8. The van der Waals surface area contributed by atoms with Crippen LogP contribution in [0.5, 0.6) is 0 Å². The summed E-state index contributed by atoms with van der Waals surface area (Å²) in [5.74, 6) is -3.52. The molecule has 8 heteroatoms. The molecule has 0 aliphatic rings. The van der Waals surface area contributed by atoms with Gasteiger partial charge in [0.2, 0.25) is 0 Å². The number of non-ortho nitro benzene ring substituents is 1. The third-order valence-electron chi connectivity index (χ3n) is 4.66. The number of carbonyl (C=O) groups is 2. The Hall–Kier alpha value is -3.68. The number of nitro groups is 1. The van der Waals surface area contributed by atoms with Gasteiger partial charge < -0.3 is 14.5 Å². The van der Waals surface area contributed by atoms with Gasteiger partial charge in [0, 0.05) is 35.2 Å². The maximum atomic E-state index is 12.5. The van der Waals surface area contributed by atoms with Gasteiger partial charge in [-0.2, -0.15) is 0 Å². The van der Waals surface area contributed by atoms with Crippen LogP contribution < -0.4 is 0 Å². The van der Waals surface area contributed by atoms with E-state index < -0.39 is 28.7 Å². The number of hydrogen-bond acceptors (Lipinski definition) is 6. The number of para-hydroxylation sites is 1. The summed E-state index contributed by atoms with van der Waals surface area (Å²) < 4.78 is 9.70. The van der Waals surface area contributed by atoms with Crippen LogP contribution in [0, 0.1) is 16.0 Å². The van der Waals surface area contributed by atoms with Crippen molar-refractivity contribution in [1.82, 2.24) is 4.98 Å². The number of ether oxygens (including phenoxy) is 2. The first-order chi connectivity index (χ1) is 13.5. The van der Waals surface area contributed by atoms with E-state index in [4.69, 9.17) is 9.47 Å². The third-order valence-corrected chi connectivity index (χ3v) is 4.66. The van der Waals surface area contributed by atoms with E-state index >= 15 is 0 Å². The monoisotopic (exact) mass is 382 g/mol. The van der Waals surface area contributed by atoms with Gasteiger partial charge in [-0.05, 0) is 17.2 Å². The van der Waals surface area contributed by atoms with Crippen LogP contribution in [0.15, 0.2) is 54.7 Å². The Morgan fingerprint density at radius 2 is 1.61 bits per heavy atom. The van der Waals surface area contributed by atoms with Gasteiger partial charge in [-0.15, -0.1) is 0 Å². The van der Waals surface area contributed by atoms with Crippen molar-refractivity contribution in [3.05, 3.63) is 76.0 Å². The van der Waals surface area contributed by atoms with Crippen LogP contribution >= 0.6 is 0 Å². The molecule has 3 rings (SSSR count). The number of esters is 2. The fourth-order valence-corrected chi connectivity index (χ4v) is 3.33. The van der Waals surface area contributed by atoms with Gasteiger partial charge in [0.1, 0.15) is 0 Å². The molecule has 0 spiro atoms. The molecule has 0 bridgehead atoms. The molecular formula is C20H18N2O6. The lowest BCUT2D eigenvalue weighted by molar-refractivity contribution is -0.384. The number of methoxy groups -OCH3 is 2. The van der Waals surface area contributed by atoms with E-state index in [-0.39, 0.29) is 5.69 Å². The van der Waals surface area contributed by atoms with E-state index in [1.807, 2.05) is 24.3 Å². The SMILES string of the molecule is COC(=O)C(C(=O)OC)C(c1ccc([N+](=O)[O-])cc1)c1c[nH]c2ccccc12. The summed E-state index contributed by atoms with van der Waals surface area (Å²) >= 11 is 0. The molecular weight excluding hydrogens is 364 g/mol. The lowest BCUT2D eigenvalue weighted by Crippen LogP contribution is -2.32. The number of aromatic nitrogens is 1. The van der Waals surface area contributed by atoms with Crippen LogP contribution in [0.25, 0.3) is 10.9 Å². The molecule has 0 radical (unpaired) electrons. The fourth-order valence-electron chi connectivity index (χ4n) is 3.33. The quantitative estimate of drug-likeness (QED) is 0.303. The zero-order valence-electron chi connectivity index (χ0n) is 15.2. The molecule has 1 unspecified atom stereocenters. The molecule has 3 aromatic rings. The van der Waals surface area contributed by atoms with Gasteiger partial charge in [0.15, 0.2) is 5.92 Å². The molecule has 1 heterocycles. The highest BCUT2D eigenvalue weighted by molar-refractivity contribution is 5.98. The molecule has 2 aromatic carbocycles. The minimum Gasteiger partial charge on any atom is -0.468 e. The summed E-state index contributed by atoms with van der Waals surface area (Å²) in [6.07, 6.45) is 1.72. The number of carbonyl (C=O) groups excluding carboxylic acids is 2. The standard InChI is InChI=1S/C20H18N2O6/c1-27-19(23)18(20(24)28-2)17(12-7-9-13(10-8-12)22(25)26)15-11-21-16-6-4-3-5-14(15)16/h3-11,17-18,21H,1-2H3. The summed E-state index contributed by atoms with van der Waals surface area (Å²) in [7, 11) is 2.39. The van der Waals surface area contributed by atoms with Gasteiger partial charge in [-0.1, -0.05) is 30.3 Å². The van der Waals surface area contributed by atoms with Crippen LogP contribution in [-0.4, -0.2) is 36.1 Å². The summed E-state index contributed by atoms with van der Waals surface area (Å²) in [6.45, 7) is 0. The highest BCUT2D eigenvalue weighted by Gasteiger charge is 2.40. The summed E-state index contributed by atoms with van der Waals surface area (Å²) in [4.78, 5) is 38.6. The molecule has 0 amide bonds. The molecule has 0 fully saturated rings. The maximum absolute atomic E-state index is 12.5. The Labute approximate surface area is 160 Å². The van der Waals surface area contributed by atoms with Crippen molar-refractivity contribution in [2.24, 2.45) is 5.92 Å². The first kappa shape index (κ1) is 19.1. The second-order valence-electron chi connectivity index (χ2n) is 6.14. The molecule has 1 aromatic heterocycles. The number of hydrogen-bond donors (Lipinski definition) is 1. The molecule has 0 saturated heterocycles. The number of nitrogens with one attached hydrogen (secondary N) is 1. The molecule has 0 aliphatic carbocycles. The number of fused-ring (bicyclic) bond motifs is 1. The smallest absolute Gasteiger partial charge is 0.321 e. The van der Waals surface area contributed by atoms with Crippen LogP contribution in [0.2, 0.25) is 0 Å². The second kappa shape index (κ2) is 7.91. The third kappa shape index (κ3) is 3.44. The Balaban J connectivity index is 2.22. The Bertz CT molecular complexity index is 1010. The van der Waals surface area contributed by atoms with Crippen molar-refractivity contribution in [1.29, 1.82) is 0 Å². The number of aromatic amines is 1. The number of rotatable bonds is 6. The van der Waals surface area contributed by atoms with E-state index in [0.29, 0.717) is 11.1 Å². The number of nitro benzene ring substituents is 1. The van der Waals surface area contributed by atoms with Crippen LogP contribution in [0.1, 0.15) is 17.0 Å². The predicted molar refractivity (Wildman–Crippen MR) is 101 cm³/mol. The topological polar surface area (TPSA) is 112 Å². The molecule has 144 valence electrons. The van der Waals surface area contributed by atoms with Gasteiger partial charge in [0.25, 0.3) is 5.69 Å². The largest absolute Gasteiger partial charge is 0.468 e. The Morgan fingerprint density at radius 1 is 1.00 bits per heavy atom. The zero-order valence-corrected chi connectivity index (χ0v) is 15.2. The average Bonchev–Trinajstić information content (AvgIpc) is 3.14. The van der Waals surface area contributed by atoms with Crippen LogP contribution in [0.4, 0.5) is 5.69 Å². The van der Waals surface area contributed by atoms with Gasteiger partial charge in [-0.25, -0.2) is 0 Å². The second-order valence-corrected chi connectivity index (χ2v) is 6.14. The van der Waals surface area contributed by atoms with Crippen LogP contribution in [-0.2, 0) is 19.1 Å². The van der Waals surface area contributed by atoms with E-state index in [0.717, 1.165) is 10.9 Å². The van der Waals surface area contributed by atoms with E-state index in [2.05, 4.69) is 4.98 Å². The van der Waals surface area contributed by atoms with Crippen molar-refractivity contribution in [2.45, 2.75) is 5.92 Å². The predicted octanol–water partition coefficient (Wildman–Crippen LogP) is 3.17. The fraction of sp³-hybridized carbons (Fsp3) is 0.200. The number of H-pyrrole nitrogens is 1. The number of benzene rings is 2. The van der Waals surface area contributed by atoms with Gasteiger partial charge >= 0.3 is 11.9 Å². The molecule has 0 saturated carbocycles. The molecule has 8 nitrogen and oxygen atoms in total. The van der Waals surface area contributed by atoms with Crippen molar-refractivity contribution < 1.29 is 24.0 Å². The zero-order chi connectivity index (χ0) is 20.3. The van der Waals surface area contributed by atoms with Crippen molar-refractivity contribution in [3.8, 4) is 0 Å². The normalized spacial score (nSPS) is 12.0. The van der Waals surface area contributed by atoms with Crippen molar-refractivity contribution in [2.75, 3.05) is 14.2 Å². The summed E-state index contributed by atoms with van der Waals surface area (Å²) in [6, 6.07) is 13.2. The Kier molecular flexibility index (Phi) is 5.39. The highest BCUT2D eigenvalue weighted by atomic mass is 16.6. The summed E-state index contributed by atoms with van der Waals surface area (Å²) in [5.41, 5.74) is 1.98. The Morgan fingerprint density at radius 3 is 2.18 bits per heavy atom. The maximum Gasteiger partial charge on any atom is 0.321 e. The van der Waals surface area contributed by atoms with E-state index in [9.17, 15) is 19.7 Å². The first-order valence-corrected chi connectivity index (χ1v) is 8.44. The lowest BCUT2D eigenvalue weighted by Gasteiger charge is -2.23. The molecule has 1 atom stereocenters. The molecule has 1 N–H and O–H groups in total. The van der Waals surface area contributed by atoms with E-state index in [1.54, 1.807) is 6.20 Å². The van der Waals surface area contributed by atoms with Crippen LogP contribution in [0.3, 0.4) is 0 Å². The van der Waals surface area contributed by atoms with Crippen molar-refractivity contribution >= 4 is 28.5 Å². The number of nitrogens with zero attached hydrogens (tertiary/aromatic N) is 1. The minimum atomic E-state index is -1.27. The average molecular weight is 382 g/mol. The van der Waals surface area contributed by atoms with Crippen molar-refractivity contribution in [3.63, 3.8) is 0 Å². The van der Waals surface area contributed by atoms with Gasteiger partial charge in [-0.3, -0.25) is 19.7 Å². The highest BCUT2D eigenvalue weighted by Crippen LogP contribution is 2.38. The molecule has 28 heavy (non-hydrogen) atoms. The lowest BCUT2D eigenvalue weighted by atomic mass is 9.80. The minimum absolute atomic E-state index is 0.0888. The van der Waals surface area contributed by atoms with Gasteiger partial charge in [0.05, 0.1) is 19.1 Å². The first-order valence-electron chi connectivity index (χ1n) is 8.44.